The van der Waals surface area contributed by atoms with Gasteiger partial charge >= 0.3 is 6.03 Å². The number of carbonyl (C=O) groups excluding carboxylic acids is 1. The van der Waals surface area contributed by atoms with Gasteiger partial charge in [-0.05, 0) is 37.8 Å². The fourth-order valence-electron chi connectivity index (χ4n) is 3.75. The van der Waals surface area contributed by atoms with E-state index < -0.39 is 0 Å². The molecule has 0 radical (unpaired) electrons. The minimum atomic E-state index is 0.00969. The number of hydrogen-bond acceptors (Lipinski definition) is 6. The van der Waals surface area contributed by atoms with E-state index in [1.54, 1.807) is 18.4 Å². The van der Waals surface area contributed by atoms with Crippen molar-refractivity contribution in [3.63, 3.8) is 0 Å². The highest BCUT2D eigenvalue weighted by Gasteiger charge is 2.34. The van der Waals surface area contributed by atoms with Crippen molar-refractivity contribution >= 4 is 27.6 Å². The van der Waals surface area contributed by atoms with Gasteiger partial charge in [-0.1, -0.05) is 6.07 Å². The number of nitrogens with zero attached hydrogens (tertiary/aromatic N) is 2. The SMILES string of the molecule is COCCO[C@H]1CC[C@H](NC(=O)N2CC(Oc3cccc4scnc34)C2)CC1. The van der Waals surface area contributed by atoms with Crippen molar-refractivity contribution in [2.45, 2.75) is 43.9 Å². The molecular formula is C20H27N3O4S. The van der Waals surface area contributed by atoms with Gasteiger partial charge in [-0.25, -0.2) is 9.78 Å². The lowest BCUT2D eigenvalue weighted by Crippen LogP contribution is -2.60. The highest BCUT2D eigenvalue weighted by Crippen LogP contribution is 2.29. The Morgan fingerprint density at radius 1 is 1.21 bits per heavy atom. The first-order valence-corrected chi connectivity index (χ1v) is 10.8. The van der Waals surface area contributed by atoms with E-state index >= 15 is 0 Å². The minimum Gasteiger partial charge on any atom is -0.484 e. The summed E-state index contributed by atoms with van der Waals surface area (Å²) in [4.78, 5) is 18.6. The summed E-state index contributed by atoms with van der Waals surface area (Å²) < 4.78 is 18.0. The molecule has 2 fully saturated rings. The monoisotopic (exact) mass is 405 g/mol. The number of likely N-dealkylation sites (tertiary alicyclic amines) is 1. The molecule has 1 aromatic carbocycles. The zero-order valence-corrected chi connectivity index (χ0v) is 17.0. The van der Waals surface area contributed by atoms with E-state index in [4.69, 9.17) is 14.2 Å². The Labute approximate surface area is 169 Å². The first kappa shape index (κ1) is 19.4. The molecule has 1 aromatic heterocycles. The number of nitrogens with one attached hydrogen (secondary N) is 1. The van der Waals surface area contributed by atoms with Crippen molar-refractivity contribution in [1.82, 2.24) is 15.2 Å². The second-order valence-corrected chi connectivity index (χ2v) is 8.27. The maximum atomic E-state index is 12.5. The Balaban J connectivity index is 1.17. The highest BCUT2D eigenvalue weighted by molar-refractivity contribution is 7.16. The molecule has 0 unspecified atom stereocenters. The van der Waals surface area contributed by atoms with Crippen molar-refractivity contribution in [2.75, 3.05) is 33.4 Å². The summed E-state index contributed by atoms with van der Waals surface area (Å²) in [5.41, 5.74) is 2.73. The first-order chi connectivity index (χ1) is 13.7. The van der Waals surface area contributed by atoms with Crippen LogP contribution in [0.5, 0.6) is 5.75 Å². The number of hydrogen-bond donors (Lipinski definition) is 1. The molecular weight excluding hydrogens is 378 g/mol. The van der Waals surface area contributed by atoms with Crippen LogP contribution in [0.1, 0.15) is 25.7 Å². The van der Waals surface area contributed by atoms with Crippen LogP contribution < -0.4 is 10.1 Å². The van der Waals surface area contributed by atoms with Crippen LogP contribution in [0.2, 0.25) is 0 Å². The van der Waals surface area contributed by atoms with Crippen molar-refractivity contribution in [2.24, 2.45) is 0 Å². The van der Waals surface area contributed by atoms with Gasteiger partial charge < -0.3 is 24.4 Å². The lowest BCUT2D eigenvalue weighted by Gasteiger charge is -2.40. The predicted octanol–water partition coefficient (Wildman–Crippen LogP) is 3.04. The quantitative estimate of drug-likeness (QED) is 0.717. The van der Waals surface area contributed by atoms with E-state index in [0.29, 0.717) is 32.4 Å². The summed E-state index contributed by atoms with van der Waals surface area (Å²) >= 11 is 1.60. The fourth-order valence-corrected chi connectivity index (χ4v) is 4.45. The number of rotatable bonds is 7. The Hall–Kier alpha value is -1.90. The number of aromatic nitrogens is 1. The predicted molar refractivity (Wildman–Crippen MR) is 108 cm³/mol. The van der Waals surface area contributed by atoms with Crippen molar-refractivity contribution < 1.29 is 19.0 Å². The van der Waals surface area contributed by atoms with Gasteiger partial charge in [0.2, 0.25) is 0 Å². The third-order valence-corrected chi connectivity index (χ3v) is 6.19. The number of ether oxygens (including phenoxy) is 3. The molecule has 0 spiro atoms. The Morgan fingerprint density at radius 2 is 2.04 bits per heavy atom. The van der Waals surface area contributed by atoms with Gasteiger partial charge in [-0.2, -0.15) is 0 Å². The molecule has 2 heterocycles. The molecule has 2 aliphatic rings. The van der Waals surface area contributed by atoms with Gasteiger partial charge in [0.1, 0.15) is 17.4 Å². The van der Waals surface area contributed by atoms with Crippen molar-refractivity contribution in [3.8, 4) is 5.75 Å². The van der Waals surface area contributed by atoms with Crippen molar-refractivity contribution in [1.29, 1.82) is 0 Å². The lowest BCUT2D eigenvalue weighted by molar-refractivity contribution is -0.00472. The molecule has 1 aliphatic carbocycles. The van der Waals surface area contributed by atoms with Crippen LogP contribution >= 0.6 is 11.3 Å². The summed E-state index contributed by atoms with van der Waals surface area (Å²) in [6.45, 7) is 2.50. The molecule has 4 rings (SSSR count). The molecule has 1 N–H and O–H groups in total. The molecule has 1 saturated carbocycles. The van der Waals surface area contributed by atoms with Crippen LogP contribution in [0.15, 0.2) is 23.7 Å². The van der Waals surface area contributed by atoms with Crippen molar-refractivity contribution in [3.05, 3.63) is 23.7 Å². The second kappa shape index (κ2) is 9.07. The molecule has 1 saturated heterocycles. The van der Waals surface area contributed by atoms with Crippen LogP contribution in [0, 0.1) is 0 Å². The Morgan fingerprint density at radius 3 is 2.82 bits per heavy atom. The average molecular weight is 406 g/mol. The standard InChI is InChI=1S/C20H27N3O4S/c1-25-9-10-26-15-7-5-14(6-8-15)22-20(24)23-11-16(12-23)27-17-3-2-4-18-19(17)21-13-28-18/h2-4,13-16H,5-12H2,1H3,(H,22,24)/t14-,15-. The van der Waals surface area contributed by atoms with Crippen LogP contribution in [-0.4, -0.2) is 67.6 Å². The second-order valence-electron chi connectivity index (χ2n) is 7.39. The van der Waals surface area contributed by atoms with E-state index in [-0.39, 0.29) is 18.2 Å². The van der Waals surface area contributed by atoms with Crippen LogP contribution in [0.25, 0.3) is 10.2 Å². The largest absolute Gasteiger partial charge is 0.484 e. The summed E-state index contributed by atoms with van der Waals surface area (Å²) in [5, 5.41) is 3.16. The van der Waals surface area contributed by atoms with Gasteiger partial charge in [0, 0.05) is 13.2 Å². The number of para-hydroxylation sites is 1. The molecule has 0 bridgehead atoms. The number of amides is 2. The van der Waals surface area contributed by atoms with Crippen LogP contribution in [0.4, 0.5) is 4.79 Å². The summed E-state index contributed by atoms with van der Waals surface area (Å²) in [7, 11) is 1.68. The zero-order valence-electron chi connectivity index (χ0n) is 16.1. The average Bonchev–Trinajstić information content (AvgIpc) is 3.15. The molecule has 1 aliphatic heterocycles. The van der Waals surface area contributed by atoms with E-state index in [2.05, 4.69) is 10.3 Å². The third kappa shape index (κ3) is 4.56. The van der Waals surface area contributed by atoms with Gasteiger partial charge in [0.05, 0.1) is 42.6 Å². The van der Waals surface area contributed by atoms with E-state index in [1.165, 1.54) is 0 Å². The Kier molecular flexibility index (Phi) is 6.29. The summed E-state index contributed by atoms with van der Waals surface area (Å²) in [6, 6.07) is 6.21. The fraction of sp³-hybridized carbons (Fsp3) is 0.600. The zero-order chi connectivity index (χ0) is 19.3. The van der Waals surface area contributed by atoms with Crippen LogP contribution in [-0.2, 0) is 9.47 Å². The third-order valence-electron chi connectivity index (χ3n) is 5.40. The van der Waals surface area contributed by atoms with E-state index in [1.807, 2.05) is 28.6 Å². The molecule has 8 heteroatoms. The molecule has 7 nitrogen and oxygen atoms in total. The van der Waals surface area contributed by atoms with Gasteiger partial charge in [0.15, 0.2) is 0 Å². The number of carbonyl (C=O) groups is 1. The molecule has 28 heavy (non-hydrogen) atoms. The normalized spacial score (nSPS) is 22.8. The van der Waals surface area contributed by atoms with Gasteiger partial charge in [0.25, 0.3) is 0 Å². The van der Waals surface area contributed by atoms with E-state index in [9.17, 15) is 4.79 Å². The van der Waals surface area contributed by atoms with E-state index in [0.717, 1.165) is 41.6 Å². The molecule has 0 atom stereocenters. The maximum absolute atomic E-state index is 12.5. The smallest absolute Gasteiger partial charge is 0.317 e. The minimum absolute atomic E-state index is 0.00969. The number of methoxy groups -OCH3 is 1. The number of urea groups is 1. The van der Waals surface area contributed by atoms with Crippen LogP contribution in [0.3, 0.4) is 0 Å². The maximum Gasteiger partial charge on any atom is 0.317 e. The number of thiazole rings is 1. The molecule has 2 amide bonds. The Bertz CT molecular complexity index is 785. The number of benzene rings is 1. The number of fused-ring (bicyclic) bond motifs is 1. The summed E-state index contributed by atoms with van der Waals surface area (Å²) in [6.07, 6.45) is 4.21. The highest BCUT2D eigenvalue weighted by atomic mass is 32.1. The van der Waals surface area contributed by atoms with Gasteiger partial charge in [-0.15, -0.1) is 11.3 Å². The summed E-state index contributed by atoms with van der Waals surface area (Å²) in [5.74, 6) is 0.801. The van der Waals surface area contributed by atoms with Gasteiger partial charge in [-0.3, -0.25) is 0 Å². The molecule has 152 valence electrons. The first-order valence-electron chi connectivity index (χ1n) is 9.88. The molecule has 2 aromatic rings. The topological polar surface area (TPSA) is 72.9 Å². The lowest BCUT2D eigenvalue weighted by atomic mass is 9.93.